The van der Waals surface area contributed by atoms with Crippen molar-refractivity contribution in [2.45, 2.75) is 63.6 Å². The molecule has 2 unspecified atom stereocenters. The van der Waals surface area contributed by atoms with Gasteiger partial charge >= 0.3 is 6.18 Å². The second kappa shape index (κ2) is 6.99. The van der Waals surface area contributed by atoms with Gasteiger partial charge in [0.15, 0.2) is 0 Å². The third kappa shape index (κ3) is 4.87. The van der Waals surface area contributed by atoms with Gasteiger partial charge in [-0.1, -0.05) is 12.8 Å². The van der Waals surface area contributed by atoms with Gasteiger partial charge in [0, 0.05) is 19.0 Å². The van der Waals surface area contributed by atoms with Gasteiger partial charge in [-0.05, 0) is 43.9 Å². The van der Waals surface area contributed by atoms with Crippen LogP contribution in [0.25, 0.3) is 0 Å². The molecule has 2 aliphatic rings. The maximum absolute atomic E-state index is 12.7. The molecule has 0 spiro atoms. The normalized spacial score (nSPS) is 33.9. The molecule has 2 rings (SSSR count). The van der Waals surface area contributed by atoms with Crippen LogP contribution in [0.1, 0.15) is 51.4 Å². The van der Waals surface area contributed by atoms with Crippen LogP contribution in [0.2, 0.25) is 0 Å². The minimum Gasteiger partial charge on any atom is -0.356 e. The minimum atomic E-state index is -4.10. The molecule has 3 nitrogen and oxygen atoms in total. The number of nitrogens with two attached hydrogens (primary N) is 1. The number of rotatable bonds is 4. The van der Waals surface area contributed by atoms with Crippen LogP contribution in [0.15, 0.2) is 0 Å². The van der Waals surface area contributed by atoms with E-state index in [1.54, 1.807) is 0 Å². The summed E-state index contributed by atoms with van der Waals surface area (Å²) in [7, 11) is 0. The van der Waals surface area contributed by atoms with Gasteiger partial charge in [0.05, 0.1) is 5.92 Å². The molecule has 0 aromatic heterocycles. The Labute approximate surface area is 123 Å². The summed E-state index contributed by atoms with van der Waals surface area (Å²) in [5, 5.41) is 2.81. The van der Waals surface area contributed by atoms with Gasteiger partial charge in [0.2, 0.25) is 5.91 Å². The smallest absolute Gasteiger partial charge is 0.356 e. The third-order valence-corrected chi connectivity index (χ3v) is 5.00. The lowest BCUT2D eigenvalue weighted by Crippen LogP contribution is -2.37. The first-order chi connectivity index (χ1) is 9.86. The fourth-order valence-corrected chi connectivity index (χ4v) is 3.66. The summed E-state index contributed by atoms with van der Waals surface area (Å²) in [6, 6.07) is 0.0973. The number of alkyl halides is 3. The molecule has 2 aliphatic carbocycles. The van der Waals surface area contributed by atoms with E-state index in [2.05, 4.69) is 5.32 Å². The average molecular weight is 306 g/mol. The van der Waals surface area contributed by atoms with Crippen molar-refractivity contribution in [1.82, 2.24) is 5.32 Å². The van der Waals surface area contributed by atoms with Crippen LogP contribution in [-0.4, -0.2) is 24.7 Å². The molecular formula is C15H25F3N2O. The molecule has 0 radical (unpaired) electrons. The Hall–Kier alpha value is -0.780. The Morgan fingerprint density at radius 1 is 1.14 bits per heavy atom. The van der Waals surface area contributed by atoms with Crippen LogP contribution in [0, 0.1) is 17.8 Å². The van der Waals surface area contributed by atoms with Gasteiger partial charge < -0.3 is 11.1 Å². The van der Waals surface area contributed by atoms with E-state index in [0.29, 0.717) is 19.4 Å². The van der Waals surface area contributed by atoms with E-state index in [9.17, 15) is 18.0 Å². The van der Waals surface area contributed by atoms with Crippen molar-refractivity contribution >= 4 is 5.91 Å². The molecular weight excluding hydrogens is 281 g/mol. The zero-order valence-electron chi connectivity index (χ0n) is 12.3. The van der Waals surface area contributed by atoms with Crippen molar-refractivity contribution in [3.05, 3.63) is 0 Å². The van der Waals surface area contributed by atoms with Crippen LogP contribution in [0.5, 0.6) is 0 Å². The first-order valence-corrected chi connectivity index (χ1v) is 7.95. The summed E-state index contributed by atoms with van der Waals surface area (Å²) in [6.45, 7) is 0.368. The largest absolute Gasteiger partial charge is 0.391 e. The molecule has 0 aromatic rings. The van der Waals surface area contributed by atoms with E-state index in [1.165, 1.54) is 0 Å². The molecule has 0 bridgehead atoms. The van der Waals surface area contributed by atoms with Gasteiger partial charge in [-0.15, -0.1) is 0 Å². The fraction of sp³-hybridized carbons (Fsp3) is 0.933. The standard InChI is InChI=1S/C15H25F3N2O/c16-15(17,18)12-5-1-3-10(7-12)9-20-14(21)8-11-4-2-6-13(11)19/h10-13H,1-9,19H2,(H,20,21)/t10?,11-,12?,13+/m0/s1. The highest BCUT2D eigenvalue weighted by Gasteiger charge is 2.42. The third-order valence-electron chi connectivity index (χ3n) is 5.00. The molecule has 0 aliphatic heterocycles. The molecule has 21 heavy (non-hydrogen) atoms. The summed E-state index contributed by atoms with van der Waals surface area (Å²) < 4.78 is 38.2. The molecule has 6 heteroatoms. The maximum Gasteiger partial charge on any atom is 0.391 e. The SMILES string of the molecule is N[C@@H]1CCC[C@H]1CC(=O)NCC1CCCC(C(F)(F)F)C1. The van der Waals surface area contributed by atoms with Crippen molar-refractivity contribution in [3.63, 3.8) is 0 Å². The van der Waals surface area contributed by atoms with E-state index in [4.69, 9.17) is 5.73 Å². The molecule has 4 atom stereocenters. The topological polar surface area (TPSA) is 55.1 Å². The quantitative estimate of drug-likeness (QED) is 0.839. The number of halogens is 3. The van der Waals surface area contributed by atoms with Crippen molar-refractivity contribution in [2.24, 2.45) is 23.5 Å². The Morgan fingerprint density at radius 2 is 1.86 bits per heavy atom. The van der Waals surface area contributed by atoms with E-state index in [1.807, 2.05) is 0 Å². The molecule has 2 fully saturated rings. The molecule has 0 aromatic carbocycles. The molecule has 1 amide bonds. The molecule has 2 saturated carbocycles. The Balaban J connectivity index is 1.71. The van der Waals surface area contributed by atoms with Crippen LogP contribution < -0.4 is 11.1 Å². The van der Waals surface area contributed by atoms with Crippen LogP contribution in [0.4, 0.5) is 13.2 Å². The fourth-order valence-electron chi connectivity index (χ4n) is 3.66. The van der Waals surface area contributed by atoms with Crippen molar-refractivity contribution in [2.75, 3.05) is 6.54 Å². The molecule has 122 valence electrons. The lowest BCUT2D eigenvalue weighted by Gasteiger charge is -2.30. The predicted octanol–water partition coefficient (Wildman–Crippen LogP) is 2.99. The summed E-state index contributed by atoms with van der Waals surface area (Å²) >= 11 is 0. The Bertz CT molecular complexity index is 359. The van der Waals surface area contributed by atoms with Gasteiger partial charge in [-0.3, -0.25) is 4.79 Å². The number of carbonyl (C=O) groups excluding carboxylic acids is 1. The van der Waals surface area contributed by atoms with Crippen molar-refractivity contribution < 1.29 is 18.0 Å². The first kappa shape index (κ1) is 16.6. The summed E-state index contributed by atoms with van der Waals surface area (Å²) in [5.74, 6) is -1.08. The van der Waals surface area contributed by atoms with Crippen molar-refractivity contribution in [3.8, 4) is 0 Å². The van der Waals surface area contributed by atoms with Crippen molar-refractivity contribution in [1.29, 1.82) is 0 Å². The number of nitrogens with one attached hydrogen (secondary N) is 1. The molecule has 0 heterocycles. The second-order valence-electron chi connectivity index (χ2n) is 6.63. The van der Waals surface area contributed by atoms with Gasteiger partial charge in [-0.2, -0.15) is 13.2 Å². The Morgan fingerprint density at radius 3 is 2.48 bits per heavy atom. The zero-order valence-corrected chi connectivity index (χ0v) is 12.3. The van der Waals surface area contributed by atoms with Gasteiger partial charge in [0.25, 0.3) is 0 Å². The highest BCUT2D eigenvalue weighted by molar-refractivity contribution is 5.76. The van der Waals surface area contributed by atoms with E-state index in [-0.39, 0.29) is 36.6 Å². The lowest BCUT2D eigenvalue weighted by molar-refractivity contribution is -0.185. The van der Waals surface area contributed by atoms with Gasteiger partial charge in [0.1, 0.15) is 0 Å². The lowest BCUT2D eigenvalue weighted by atomic mass is 9.81. The zero-order chi connectivity index (χ0) is 15.5. The van der Waals surface area contributed by atoms with Gasteiger partial charge in [-0.25, -0.2) is 0 Å². The number of hydrogen-bond donors (Lipinski definition) is 2. The molecule has 0 saturated heterocycles. The number of carbonyl (C=O) groups is 1. The number of hydrogen-bond acceptors (Lipinski definition) is 2. The Kier molecular flexibility index (Phi) is 5.52. The van der Waals surface area contributed by atoms with E-state index < -0.39 is 12.1 Å². The first-order valence-electron chi connectivity index (χ1n) is 7.95. The van der Waals surface area contributed by atoms with Crippen LogP contribution >= 0.6 is 0 Å². The summed E-state index contributed by atoms with van der Waals surface area (Å²) in [4.78, 5) is 11.9. The predicted molar refractivity (Wildman–Crippen MR) is 74.4 cm³/mol. The average Bonchev–Trinajstić information content (AvgIpc) is 2.81. The minimum absolute atomic E-state index is 0.0495. The summed E-state index contributed by atoms with van der Waals surface area (Å²) in [5.41, 5.74) is 5.93. The van der Waals surface area contributed by atoms with E-state index >= 15 is 0 Å². The van der Waals surface area contributed by atoms with E-state index in [0.717, 1.165) is 25.7 Å². The summed E-state index contributed by atoms with van der Waals surface area (Å²) in [6.07, 6.45) is 1.07. The molecule has 3 N–H and O–H groups in total. The highest BCUT2D eigenvalue weighted by Crippen LogP contribution is 2.39. The monoisotopic (exact) mass is 306 g/mol. The highest BCUT2D eigenvalue weighted by atomic mass is 19.4. The van der Waals surface area contributed by atoms with Crippen LogP contribution in [-0.2, 0) is 4.79 Å². The van der Waals surface area contributed by atoms with Crippen LogP contribution in [0.3, 0.4) is 0 Å². The number of amides is 1. The second-order valence-corrected chi connectivity index (χ2v) is 6.63. The maximum atomic E-state index is 12.7.